The molecule has 4 N–H and O–H groups in total. The summed E-state index contributed by atoms with van der Waals surface area (Å²) in [5.74, 6) is 0.856. The van der Waals surface area contributed by atoms with Crippen LogP contribution in [0, 0.1) is 0 Å². The summed E-state index contributed by atoms with van der Waals surface area (Å²) in [6.45, 7) is 2.82. The molecular weight excluding hydrogens is 256 g/mol. The number of rotatable bonds is 3. The van der Waals surface area contributed by atoms with Gasteiger partial charge in [-0.15, -0.1) is 0 Å². The largest absolute Gasteiger partial charge is 0.385 e. The third kappa shape index (κ3) is 2.28. The number of para-hydroxylation sites is 1. The van der Waals surface area contributed by atoms with Crippen LogP contribution >= 0.6 is 0 Å². The first-order valence-electron chi connectivity index (χ1n) is 6.69. The molecule has 6 heteroatoms. The van der Waals surface area contributed by atoms with Gasteiger partial charge in [-0.25, -0.2) is 4.98 Å². The van der Waals surface area contributed by atoms with E-state index in [0.717, 1.165) is 10.9 Å². The number of aromatic nitrogens is 2. The van der Waals surface area contributed by atoms with E-state index >= 15 is 0 Å². The minimum Gasteiger partial charge on any atom is -0.385 e. The Balaban J connectivity index is 1.87. The van der Waals surface area contributed by atoms with Crippen molar-refractivity contribution in [2.75, 3.05) is 24.2 Å². The molecule has 1 aromatic heterocycles. The van der Waals surface area contributed by atoms with Gasteiger partial charge in [0.05, 0.1) is 11.6 Å². The first-order valence-corrected chi connectivity index (χ1v) is 6.69. The van der Waals surface area contributed by atoms with Crippen LogP contribution < -0.4 is 11.1 Å². The molecule has 0 saturated carbocycles. The number of nitrogens with one attached hydrogen (secondary N) is 1. The Morgan fingerprint density at radius 1 is 1.45 bits per heavy atom. The van der Waals surface area contributed by atoms with Crippen molar-refractivity contribution in [2.24, 2.45) is 0 Å². The van der Waals surface area contributed by atoms with E-state index in [2.05, 4.69) is 15.3 Å². The van der Waals surface area contributed by atoms with Crippen molar-refractivity contribution >= 4 is 22.7 Å². The first-order chi connectivity index (χ1) is 9.58. The number of anilines is 2. The molecule has 2 heterocycles. The van der Waals surface area contributed by atoms with Crippen molar-refractivity contribution in [3.8, 4) is 0 Å². The lowest BCUT2D eigenvalue weighted by molar-refractivity contribution is -0.0176. The molecular formula is C14H18N4O2. The molecule has 3 rings (SSSR count). The fourth-order valence-corrected chi connectivity index (χ4v) is 2.47. The molecule has 0 bridgehead atoms. The maximum Gasteiger partial charge on any atom is 0.222 e. The van der Waals surface area contributed by atoms with Crippen LogP contribution in [-0.2, 0) is 4.74 Å². The number of aliphatic hydroxyl groups is 1. The van der Waals surface area contributed by atoms with Crippen LogP contribution in [0.5, 0.6) is 0 Å². The smallest absolute Gasteiger partial charge is 0.222 e. The highest BCUT2D eigenvalue weighted by molar-refractivity contribution is 5.89. The van der Waals surface area contributed by atoms with E-state index in [1.807, 2.05) is 31.2 Å². The summed E-state index contributed by atoms with van der Waals surface area (Å²) in [6.07, 6.45) is 0.417. The lowest BCUT2D eigenvalue weighted by Crippen LogP contribution is -2.43. The number of nitrogens with two attached hydrogens (primary N) is 1. The number of benzene rings is 1. The minimum atomic E-state index is -0.874. The summed E-state index contributed by atoms with van der Waals surface area (Å²) >= 11 is 0. The average Bonchev–Trinajstić information content (AvgIpc) is 2.76. The summed E-state index contributed by atoms with van der Waals surface area (Å²) in [5, 5.41) is 14.6. The Morgan fingerprint density at radius 2 is 2.25 bits per heavy atom. The van der Waals surface area contributed by atoms with Crippen molar-refractivity contribution in [1.82, 2.24) is 9.97 Å². The van der Waals surface area contributed by atoms with Crippen molar-refractivity contribution < 1.29 is 9.84 Å². The van der Waals surface area contributed by atoms with Crippen molar-refractivity contribution in [3.63, 3.8) is 0 Å². The highest BCUT2D eigenvalue weighted by atomic mass is 16.5. The topological polar surface area (TPSA) is 93.3 Å². The van der Waals surface area contributed by atoms with Gasteiger partial charge in [-0.05, 0) is 19.1 Å². The van der Waals surface area contributed by atoms with Crippen LogP contribution in [0.25, 0.3) is 10.9 Å². The van der Waals surface area contributed by atoms with Crippen LogP contribution in [0.1, 0.15) is 13.3 Å². The summed E-state index contributed by atoms with van der Waals surface area (Å²) in [7, 11) is 0. The molecule has 1 aromatic carbocycles. The van der Waals surface area contributed by atoms with Gasteiger partial charge in [0.25, 0.3) is 0 Å². The predicted octanol–water partition coefficient (Wildman–Crippen LogP) is 1.16. The lowest BCUT2D eigenvalue weighted by Gasteiger charge is -2.26. The molecule has 1 saturated heterocycles. The maximum atomic E-state index is 10.5. The molecule has 1 aliphatic heterocycles. The van der Waals surface area contributed by atoms with Crippen LogP contribution in [0.15, 0.2) is 24.3 Å². The monoisotopic (exact) mass is 274 g/mol. The quantitative estimate of drug-likeness (QED) is 0.778. The minimum absolute atomic E-state index is 0.194. The highest BCUT2D eigenvalue weighted by Gasteiger charge is 2.39. The standard InChI is InChI=1S/C14H18N4O2/c1-9-14(19,6-7-20-9)8-16-12-10-4-2-3-5-11(10)17-13(15)18-12/h2-5,9,19H,6-8H2,1H3,(H3,15,16,17,18). The summed E-state index contributed by atoms with van der Waals surface area (Å²) in [6, 6.07) is 7.63. The molecule has 0 radical (unpaired) electrons. The summed E-state index contributed by atoms with van der Waals surface area (Å²) < 4.78 is 5.42. The Bertz CT molecular complexity index is 634. The SMILES string of the molecule is CC1OCCC1(O)CNc1nc(N)nc2ccccc12. The molecule has 1 fully saturated rings. The van der Waals surface area contributed by atoms with E-state index in [9.17, 15) is 5.11 Å². The molecule has 0 aliphatic carbocycles. The molecule has 6 nitrogen and oxygen atoms in total. The molecule has 1 aliphatic rings. The Hall–Kier alpha value is -1.92. The third-order valence-electron chi connectivity index (χ3n) is 3.84. The second-order valence-electron chi connectivity index (χ2n) is 5.17. The first kappa shape index (κ1) is 13.1. The number of hydrogen-bond acceptors (Lipinski definition) is 6. The van der Waals surface area contributed by atoms with Crippen LogP contribution in [-0.4, -0.2) is 39.9 Å². The van der Waals surface area contributed by atoms with Crippen LogP contribution in [0.3, 0.4) is 0 Å². The van der Waals surface area contributed by atoms with Gasteiger partial charge in [-0.2, -0.15) is 4.98 Å². The Morgan fingerprint density at radius 3 is 3.00 bits per heavy atom. The Labute approximate surface area is 117 Å². The number of ether oxygens (including phenoxy) is 1. The second-order valence-corrected chi connectivity index (χ2v) is 5.17. The normalized spacial score (nSPS) is 26.0. The van der Waals surface area contributed by atoms with E-state index in [4.69, 9.17) is 10.5 Å². The number of nitrogens with zero attached hydrogens (tertiary/aromatic N) is 2. The molecule has 2 atom stereocenters. The van der Waals surface area contributed by atoms with Gasteiger partial charge in [-0.3, -0.25) is 0 Å². The molecule has 2 unspecified atom stereocenters. The molecule has 0 spiro atoms. The fourth-order valence-electron chi connectivity index (χ4n) is 2.47. The van der Waals surface area contributed by atoms with E-state index < -0.39 is 5.60 Å². The van der Waals surface area contributed by atoms with Gasteiger partial charge in [0.15, 0.2) is 0 Å². The van der Waals surface area contributed by atoms with E-state index in [1.54, 1.807) is 0 Å². The van der Waals surface area contributed by atoms with E-state index in [1.165, 1.54) is 0 Å². The summed E-state index contributed by atoms with van der Waals surface area (Å²) in [5.41, 5.74) is 5.63. The number of nitrogen functional groups attached to an aromatic ring is 1. The predicted molar refractivity (Wildman–Crippen MR) is 77.4 cm³/mol. The van der Waals surface area contributed by atoms with Crippen molar-refractivity contribution in [1.29, 1.82) is 0 Å². The van der Waals surface area contributed by atoms with Crippen molar-refractivity contribution in [2.45, 2.75) is 25.0 Å². The molecule has 106 valence electrons. The van der Waals surface area contributed by atoms with E-state index in [0.29, 0.717) is 25.4 Å². The van der Waals surface area contributed by atoms with Crippen LogP contribution in [0.4, 0.5) is 11.8 Å². The van der Waals surface area contributed by atoms with Gasteiger partial charge < -0.3 is 20.9 Å². The van der Waals surface area contributed by atoms with Gasteiger partial charge in [0.1, 0.15) is 11.4 Å². The zero-order valence-corrected chi connectivity index (χ0v) is 11.3. The lowest BCUT2D eigenvalue weighted by atomic mass is 9.97. The van der Waals surface area contributed by atoms with E-state index in [-0.39, 0.29) is 12.1 Å². The average molecular weight is 274 g/mol. The van der Waals surface area contributed by atoms with Crippen molar-refractivity contribution in [3.05, 3.63) is 24.3 Å². The molecule has 20 heavy (non-hydrogen) atoms. The van der Waals surface area contributed by atoms with Gasteiger partial charge in [-0.1, -0.05) is 12.1 Å². The molecule has 2 aromatic rings. The molecule has 0 amide bonds. The second kappa shape index (κ2) is 4.88. The third-order valence-corrected chi connectivity index (χ3v) is 3.84. The zero-order chi connectivity index (χ0) is 14.2. The fraction of sp³-hybridized carbons (Fsp3) is 0.429. The maximum absolute atomic E-state index is 10.5. The van der Waals surface area contributed by atoms with Gasteiger partial charge in [0.2, 0.25) is 5.95 Å². The number of fused-ring (bicyclic) bond motifs is 1. The van der Waals surface area contributed by atoms with Crippen LogP contribution in [0.2, 0.25) is 0 Å². The zero-order valence-electron chi connectivity index (χ0n) is 11.3. The highest BCUT2D eigenvalue weighted by Crippen LogP contribution is 2.27. The Kier molecular flexibility index (Phi) is 3.19. The van der Waals surface area contributed by atoms with Gasteiger partial charge >= 0.3 is 0 Å². The van der Waals surface area contributed by atoms with Gasteiger partial charge in [0, 0.05) is 25.0 Å². The summed E-state index contributed by atoms with van der Waals surface area (Å²) in [4.78, 5) is 8.41. The number of hydrogen-bond donors (Lipinski definition) is 3.